The minimum atomic E-state index is -1.08. The van der Waals surface area contributed by atoms with E-state index in [4.69, 9.17) is 9.52 Å². The number of hydrogen-bond donors (Lipinski definition) is 3. The third kappa shape index (κ3) is 2.74. The van der Waals surface area contributed by atoms with E-state index in [0.29, 0.717) is 11.1 Å². The van der Waals surface area contributed by atoms with Gasteiger partial charge in [0.05, 0.1) is 11.8 Å². The first kappa shape index (κ1) is 14.6. The first-order chi connectivity index (χ1) is 11.0. The normalized spacial score (nSPS) is 10.8. The molecule has 0 saturated carbocycles. The Balaban J connectivity index is 2.27. The largest absolute Gasteiger partial charge is 0.508 e. The predicted octanol–water partition coefficient (Wildman–Crippen LogP) is 2.50. The van der Waals surface area contributed by atoms with Crippen molar-refractivity contribution in [2.24, 2.45) is 0 Å². The van der Waals surface area contributed by atoms with Gasteiger partial charge in [0.15, 0.2) is 16.8 Å². The molecule has 6 heteroatoms. The highest BCUT2D eigenvalue weighted by Gasteiger charge is 2.15. The fraction of sp³-hybridized carbons (Fsp3) is 0.0588. The average molecular weight is 312 g/mol. The summed E-state index contributed by atoms with van der Waals surface area (Å²) in [5, 5.41) is 28.6. The maximum Gasteiger partial charge on any atom is 0.307 e. The highest BCUT2D eigenvalue weighted by Crippen LogP contribution is 2.31. The Bertz CT molecular complexity index is 970. The Hall–Kier alpha value is -3.28. The molecular formula is C17H12O6. The van der Waals surface area contributed by atoms with Gasteiger partial charge in [-0.05, 0) is 35.9 Å². The predicted molar refractivity (Wildman–Crippen MR) is 82.6 cm³/mol. The van der Waals surface area contributed by atoms with E-state index in [9.17, 15) is 19.8 Å². The van der Waals surface area contributed by atoms with Crippen LogP contribution in [0.15, 0.2) is 51.7 Å². The minimum Gasteiger partial charge on any atom is -0.508 e. The molecule has 6 nitrogen and oxygen atoms in total. The number of fused-ring (bicyclic) bond motifs is 1. The first-order valence-electron chi connectivity index (χ1n) is 6.75. The van der Waals surface area contributed by atoms with Crippen molar-refractivity contribution >= 4 is 16.9 Å². The molecule has 116 valence electrons. The summed E-state index contributed by atoms with van der Waals surface area (Å²) < 4.78 is 5.60. The Kier molecular flexibility index (Phi) is 3.50. The number of rotatable bonds is 3. The number of aromatic hydroxyl groups is 2. The minimum absolute atomic E-state index is 0.0318. The molecule has 0 amide bonds. The maximum absolute atomic E-state index is 12.2. The van der Waals surface area contributed by atoms with Crippen LogP contribution in [0.4, 0.5) is 0 Å². The van der Waals surface area contributed by atoms with Gasteiger partial charge in [0, 0.05) is 11.6 Å². The molecule has 0 saturated heterocycles. The fourth-order valence-corrected chi connectivity index (χ4v) is 2.42. The summed E-state index contributed by atoms with van der Waals surface area (Å²) in [6.45, 7) is 0. The zero-order chi connectivity index (χ0) is 16.6. The van der Waals surface area contributed by atoms with E-state index in [1.165, 1.54) is 42.5 Å². The molecule has 1 aromatic heterocycles. The number of benzene rings is 2. The van der Waals surface area contributed by atoms with Gasteiger partial charge in [-0.15, -0.1) is 0 Å². The maximum atomic E-state index is 12.2. The number of phenols is 2. The van der Waals surface area contributed by atoms with Crippen LogP contribution < -0.4 is 5.43 Å². The lowest BCUT2D eigenvalue weighted by atomic mass is 10.0. The fourth-order valence-electron chi connectivity index (χ4n) is 2.42. The van der Waals surface area contributed by atoms with Crippen molar-refractivity contribution in [3.63, 3.8) is 0 Å². The Morgan fingerprint density at radius 3 is 2.61 bits per heavy atom. The molecule has 0 fully saturated rings. The van der Waals surface area contributed by atoms with E-state index in [2.05, 4.69) is 0 Å². The molecule has 0 unspecified atom stereocenters. The summed E-state index contributed by atoms with van der Waals surface area (Å²) in [6.07, 6.45) is -0.341. The molecule has 2 aromatic carbocycles. The van der Waals surface area contributed by atoms with E-state index >= 15 is 0 Å². The summed E-state index contributed by atoms with van der Waals surface area (Å²) in [6, 6.07) is 9.83. The molecule has 0 aliphatic carbocycles. The van der Waals surface area contributed by atoms with E-state index in [-0.39, 0.29) is 40.1 Å². The zero-order valence-corrected chi connectivity index (χ0v) is 11.8. The van der Waals surface area contributed by atoms with Crippen LogP contribution in [0.2, 0.25) is 0 Å². The van der Waals surface area contributed by atoms with Crippen molar-refractivity contribution in [2.75, 3.05) is 0 Å². The number of hydrogen-bond acceptors (Lipinski definition) is 5. The summed E-state index contributed by atoms with van der Waals surface area (Å²) in [5.41, 5.74) is 0.346. The summed E-state index contributed by atoms with van der Waals surface area (Å²) >= 11 is 0. The number of para-hydroxylation sites is 1. The van der Waals surface area contributed by atoms with Crippen molar-refractivity contribution in [3.05, 3.63) is 58.3 Å². The first-order valence-corrected chi connectivity index (χ1v) is 6.75. The number of carboxylic acids is 1. The van der Waals surface area contributed by atoms with Gasteiger partial charge in [-0.25, -0.2) is 0 Å². The topological polar surface area (TPSA) is 108 Å². The number of carbonyl (C=O) groups is 1. The van der Waals surface area contributed by atoms with Gasteiger partial charge in [-0.3, -0.25) is 9.59 Å². The highest BCUT2D eigenvalue weighted by molar-refractivity contribution is 5.84. The van der Waals surface area contributed by atoms with Crippen LogP contribution >= 0.6 is 0 Å². The van der Waals surface area contributed by atoms with Crippen LogP contribution in [0, 0.1) is 0 Å². The van der Waals surface area contributed by atoms with Gasteiger partial charge in [0.2, 0.25) is 0 Å². The van der Waals surface area contributed by atoms with Gasteiger partial charge < -0.3 is 19.7 Å². The second-order valence-corrected chi connectivity index (χ2v) is 5.04. The molecule has 0 atom stereocenters. The van der Waals surface area contributed by atoms with Crippen LogP contribution in [0.1, 0.15) is 5.56 Å². The molecule has 0 spiro atoms. The molecular weight excluding hydrogens is 300 g/mol. The third-order valence-electron chi connectivity index (χ3n) is 3.43. The van der Waals surface area contributed by atoms with Gasteiger partial charge in [-0.2, -0.15) is 0 Å². The van der Waals surface area contributed by atoms with Gasteiger partial charge >= 0.3 is 5.97 Å². The van der Waals surface area contributed by atoms with Crippen LogP contribution in [-0.4, -0.2) is 21.3 Å². The van der Waals surface area contributed by atoms with Crippen LogP contribution in [0.5, 0.6) is 11.5 Å². The Morgan fingerprint density at radius 2 is 1.87 bits per heavy atom. The average Bonchev–Trinajstić information content (AvgIpc) is 2.48. The summed E-state index contributed by atoms with van der Waals surface area (Å²) in [5.74, 6) is -1.22. The quantitative estimate of drug-likeness (QED) is 0.685. The number of phenolic OH excluding ortho intramolecular Hbond substituents is 2. The van der Waals surface area contributed by atoms with Gasteiger partial charge in [0.25, 0.3) is 0 Å². The van der Waals surface area contributed by atoms with E-state index in [0.717, 1.165) is 0 Å². The second kappa shape index (κ2) is 5.49. The second-order valence-electron chi connectivity index (χ2n) is 5.04. The zero-order valence-electron chi connectivity index (χ0n) is 11.8. The van der Waals surface area contributed by atoms with Crippen LogP contribution in [0.25, 0.3) is 22.3 Å². The van der Waals surface area contributed by atoms with Crippen molar-refractivity contribution in [3.8, 4) is 22.8 Å². The molecule has 23 heavy (non-hydrogen) atoms. The molecule has 0 aliphatic heterocycles. The molecule has 3 N–H and O–H groups in total. The van der Waals surface area contributed by atoms with Crippen molar-refractivity contribution in [1.82, 2.24) is 0 Å². The number of aliphatic carboxylic acids is 1. The molecule has 3 rings (SSSR count). The van der Waals surface area contributed by atoms with Crippen LogP contribution in [-0.2, 0) is 11.2 Å². The molecule has 0 bridgehead atoms. The van der Waals surface area contributed by atoms with Crippen LogP contribution in [0.3, 0.4) is 0 Å². The third-order valence-corrected chi connectivity index (χ3v) is 3.43. The standard InChI is InChI=1S/C17H12O6/c18-10-4-5-11(9(6-10)7-16(21)22)15-8-14(20)12-2-1-3-13(19)17(12)23-15/h1-6,8,18-19H,7H2,(H,21,22). The SMILES string of the molecule is O=C(O)Cc1cc(O)ccc1-c1cc(=O)c2cccc(O)c2o1. The molecule has 3 aromatic rings. The number of carboxylic acid groups (broad SMARTS) is 1. The Labute approximate surface area is 129 Å². The molecule has 0 radical (unpaired) electrons. The van der Waals surface area contributed by atoms with Gasteiger partial charge in [0.1, 0.15) is 11.5 Å². The molecule has 1 heterocycles. The van der Waals surface area contributed by atoms with Gasteiger partial charge in [-0.1, -0.05) is 6.07 Å². The van der Waals surface area contributed by atoms with Crippen molar-refractivity contribution in [2.45, 2.75) is 6.42 Å². The summed E-state index contributed by atoms with van der Waals surface area (Å²) in [7, 11) is 0. The lowest BCUT2D eigenvalue weighted by Gasteiger charge is -2.09. The lowest BCUT2D eigenvalue weighted by Crippen LogP contribution is -2.04. The monoisotopic (exact) mass is 312 g/mol. The van der Waals surface area contributed by atoms with Crippen molar-refractivity contribution < 1.29 is 24.5 Å². The van der Waals surface area contributed by atoms with Crippen molar-refractivity contribution in [1.29, 1.82) is 0 Å². The highest BCUT2D eigenvalue weighted by atomic mass is 16.4. The van der Waals surface area contributed by atoms with E-state index in [1.54, 1.807) is 0 Å². The van der Waals surface area contributed by atoms with E-state index < -0.39 is 5.97 Å². The molecule has 0 aliphatic rings. The smallest absolute Gasteiger partial charge is 0.307 e. The lowest BCUT2D eigenvalue weighted by molar-refractivity contribution is -0.136. The van der Waals surface area contributed by atoms with E-state index in [1.807, 2.05) is 0 Å². The summed E-state index contributed by atoms with van der Waals surface area (Å²) in [4.78, 5) is 23.2. The Morgan fingerprint density at radius 1 is 1.09 bits per heavy atom.